The van der Waals surface area contributed by atoms with Gasteiger partial charge in [-0.2, -0.15) is 0 Å². The summed E-state index contributed by atoms with van der Waals surface area (Å²) in [6.45, 7) is 0.788. The molecule has 0 bridgehead atoms. The third-order valence-corrected chi connectivity index (χ3v) is 5.74. The van der Waals surface area contributed by atoms with E-state index in [9.17, 15) is 4.79 Å². The van der Waals surface area contributed by atoms with Crippen molar-refractivity contribution < 1.29 is 4.79 Å². The molecule has 4 rings (SSSR count). The molecule has 5 nitrogen and oxygen atoms in total. The SMILES string of the molecule is O=C1CCCN1c1cccc(NC(=S)NC2(c3ccncc3)CCCC2)c1. The van der Waals surface area contributed by atoms with Gasteiger partial charge in [0.2, 0.25) is 5.91 Å². The highest BCUT2D eigenvalue weighted by atomic mass is 32.1. The molecule has 2 aliphatic rings. The van der Waals surface area contributed by atoms with Crippen LogP contribution in [0, 0.1) is 0 Å². The largest absolute Gasteiger partial charge is 0.353 e. The van der Waals surface area contributed by atoms with Gasteiger partial charge in [-0.05, 0) is 67.4 Å². The lowest BCUT2D eigenvalue weighted by Gasteiger charge is -2.32. The first-order valence-electron chi connectivity index (χ1n) is 9.56. The smallest absolute Gasteiger partial charge is 0.227 e. The summed E-state index contributed by atoms with van der Waals surface area (Å²) in [5, 5.41) is 7.49. The van der Waals surface area contributed by atoms with Crippen molar-refractivity contribution in [3.8, 4) is 0 Å². The number of hydrogen-bond acceptors (Lipinski definition) is 3. The van der Waals surface area contributed by atoms with Crippen LogP contribution in [0.4, 0.5) is 11.4 Å². The maximum atomic E-state index is 12.0. The standard InChI is InChI=1S/C21H24N4OS/c26-19-7-4-14-25(19)18-6-3-5-17(15-18)23-20(27)24-21(10-1-2-11-21)16-8-12-22-13-9-16/h3,5-6,8-9,12-13,15H,1-2,4,7,10-11,14H2,(H2,23,24,27). The first-order chi connectivity index (χ1) is 13.2. The van der Waals surface area contributed by atoms with Gasteiger partial charge in [-0.25, -0.2) is 0 Å². The van der Waals surface area contributed by atoms with Crippen molar-refractivity contribution in [3.05, 3.63) is 54.4 Å². The summed E-state index contributed by atoms with van der Waals surface area (Å²) in [7, 11) is 0. The molecule has 27 heavy (non-hydrogen) atoms. The van der Waals surface area contributed by atoms with Gasteiger partial charge >= 0.3 is 0 Å². The number of carbonyl (C=O) groups is 1. The number of aromatic nitrogens is 1. The first-order valence-corrected chi connectivity index (χ1v) is 9.97. The molecular formula is C21H24N4OS. The summed E-state index contributed by atoms with van der Waals surface area (Å²) in [5.41, 5.74) is 2.92. The normalized spacial score (nSPS) is 18.5. The Kier molecular flexibility index (Phi) is 5.07. The van der Waals surface area contributed by atoms with Crippen LogP contribution in [0.2, 0.25) is 0 Å². The summed E-state index contributed by atoms with van der Waals surface area (Å²) in [4.78, 5) is 18.0. The van der Waals surface area contributed by atoms with E-state index in [2.05, 4.69) is 27.8 Å². The Morgan fingerprint density at radius 2 is 1.89 bits per heavy atom. The number of nitrogens with zero attached hydrogens (tertiary/aromatic N) is 2. The minimum atomic E-state index is -0.129. The second-order valence-corrected chi connectivity index (χ2v) is 7.71. The molecular weight excluding hydrogens is 356 g/mol. The number of carbonyl (C=O) groups excluding carboxylic acids is 1. The number of rotatable bonds is 4. The number of anilines is 2. The van der Waals surface area contributed by atoms with Crippen LogP contribution < -0.4 is 15.5 Å². The van der Waals surface area contributed by atoms with Crippen molar-refractivity contribution in [2.24, 2.45) is 0 Å². The number of pyridine rings is 1. The number of hydrogen-bond donors (Lipinski definition) is 2. The third kappa shape index (κ3) is 3.81. The molecule has 1 aromatic heterocycles. The lowest BCUT2D eigenvalue weighted by Crippen LogP contribution is -2.45. The molecule has 2 heterocycles. The van der Waals surface area contributed by atoms with Crippen molar-refractivity contribution >= 4 is 34.6 Å². The minimum absolute atomic E-state index is 0.129. The van der Waals surface area contributed by atoms with Gasteiger partial charge in [0.25, 0.3) is 0 Å². The lowest BCUT2D eigenvalue weighted by molar-refractivity contribution is -0.117. The lowest BCUT2D eigenvalue weighted by atomic mass is 9.89. The average molecular weight is 381 g/mol. The molecule has 1 saturated carbocycles. The van der Waals surface area contributed by atoms with E-state index in [4.69, 9.17) is 12.2 Å². The molecule has 6 heteroatoms. The molecule has 1 aliphatic carbocycles. The quantitative estimate of drug-likeness (QED) is 0.786. The topological polar surface area (TPSA) is 57.3 Å². The molecule has 2 aromatic rings. The fraction of sp³-hybridized carbons (Fsp3) is 0.381. The Morgan fingerprint density at radius 3 is 2.59 bits per heavy atom. The van der Waals surface area contributed by atoms with Crippen LogP contribution in [0.15, 0.2) is 48.8 Å². The monoisotopic (exact) mass is 380 g/mol. The second-order valence-electron chi connectivity index (χ2n) is 7.30. The van der Waals surface area contributed by atoms with Crippen molar-refractivity contribution in [2.75, 3.05) is 16.8 Å². The fourth-order valence-electron chi connectivity index (χ4n) is 4.19. The van der Waals surface area contributed by atoms with E-state index in [0.717, 1.165) is 37.2 Å². The highest BCUT2D eigenvalue weighted by Crippen LogP contribution is 2.38. The van der Waals surface area contributed by atoms with E-state index in [0.29, 0.717) is 11.5 Å². The predicted molar refractivity (Wildman–Crippen MR) is 112 cm³/mol. The van der Waals surface area contributed by atoms with E-state index in [-0.39, 0.29) is 11.4 Å². The molecule has 1 aromatic carbocycles. The summed E-state index contributed by atoms with van der Waals surface area (Å²) in [6, 6.07) is 12.0. The zero-order valence-electron chi connectivity index (χ0n) is 15.3. The summed E-state index contributed by atoms with van der Waals surface area (Å²) in [6.07, 6.45) is 9.71. The van der Waals surface area contributed by atoms with E-state index < -0.39 is 0 Å². The van der Waals surface area contributed by atoms with Crippen molar-refractivity contribution in [1.29, 1.82) is 0 Å². The van der Waals surface area contributed by atoms with Gasteiger partial charge in [0.15, 0.2) is 5.11 Å². The van der Waals surface area contributed by atoms with Crippen LogP contribution in [0.3, 0.4) is 0 Å². The van der Waals surface area contributed by atoms with Crippen molar-refractivity contribution in [2.45, 2.75) is 44.1 Å². The van der Waals surface area contributed by atoms with Gasteiger partial charge < -0.3 is 15.5 Å². The maximum Gasteiger partial charge on any atom is 0.227 e. The highest BCUT2D eigenvalue weighted by Gasteiger charge is 2.36. The van der Waals surface area contributed by atoms with E-state index in [1.165, 1.54) is 18.4 Å². The number of benzene rings is 1. The third-order valence-electron chi connectivity index (χ3n) is 5.53. The number of amides is 1. The first kappa shape index (κ1) is 17.9. The van der Waals surface area contributed by atoms with Crippen LogP contribution in [0.5, 0.6) is 0 Å². The highest BCUT2D eigenvalue weighted by molar-refractivity contribution is 7.80. The van der Waals surface area contributed by atoms with E-state index in [1.807, 2.05) is 41.6 Å². The molecule has 0 spiro atoms. The predicted octanol–water partition coefficient (Wildman–Crippen LogP) is 3.96. The van der Waals surface area contributed by atoms with E-state index in [1.54, 1.807) is 0 Å². The fourth-order valence-corrected chi connectivity index (χ4v) is 4.50. The Hall–Kier alpha value is -2.47. The van der Waals surface area contributed by atoms with Crippen LogP contribution in [0.1, 0.15) is 44.1 Å². The molecule has 1 aliphatic heterocycles. The summed E-state index contributed by atoms with van der Waals surface area (Å²) < 4.78 is 0. The van der Waals surface area contributed by atoms with Crippen LogP contribution in [-0.2, 0) is 10.3 Å². The van der Waals surface area contributed by atoms with Gasteiger partial charge in [0.1, 0.15) is 0 Å². The molecule has 0 unspecified atom stereocenters. The molecule has 1 saturated heterocycles. The Morgan fingerprint density at radius 1 is 1.11 bits per heavy atom. The van der Waals surface area contributed by atoms with Gasteiger partial charge in [-0.1, -0.05) is 18.9 Å². The maximum absolute atomic E-state index is 12.0. The van der Waals surface area contributed by atoms with Crippen LogP contribution in [-0.4, -0.2) is 22.5 Å². The van der Waals surface area contributed by atoms with Crippen LogP contribution in [0.25, 0.3) is 0 Å². The van der Waals surface area contributed by atoms with Gasteiger partial charge in [-0.15, -0.1) is 0 Å². The van der Waals surface area contributed by atoms with Gasteiger partial charge in [-0.3, -0.25) is 9.78 Å². The Bertz CT molecular complexity index is 833. The number of nitrogens with one attached hydrogen (secondary N) is 2. The minimum Gasteiger partial charge on any atom is -0.353 e. The van der Waals surface area contributed by atoms with E-state index >= 15 is 0 Å². The zero-order valence-corrected chi connectivity index (χ0v) is 16.1. The Balaban J connectivity index is 1.48. The van der Waals surface area contributed by atoms with Crippen LogP contribution >= 0.6 is 12.2 Å². The summed E-state index contributed by atoms with van der Waals surface area (Å²) in [5.74, 6) is 0.190. The second kappa shape index (κ2) is 7.64. The Labute approximate surface area is 165 Å². The average Bonchev–Trinajstić information content (AvgIpc) is 3.32. The molecule has 1 amide bonds. The molecule has 0 atom stereocenters. The zero-order chi connectivity index (χ0) is 18.7. The molecule has 140 valence electrons. The molecule has 0 radical (unpaired) electrons. The molecule has 2 fully saturated rings. The van der Waals surface area contributed by atoms with Gasteiger partial charge in [0.05, 0.1) is 5.54 Å². The van der Waals surface area contributed by atoms with Crippen molar-refractivity contribution in [1.82, 2.24) is 10.3 Å². The molecule has 2 N–H and O–H groups in total. The van der Waals surface area contributed by atoms with Gasteiger partial charge in [0, 0.05) is 36.7 Å². The van der Waals surface area contributed by atoms with Crippen molar-refractivity contribution in [3.63, 3.8) is 0 Å². The number of thiocarbonyl (C=S) groups is 1. The summed E-state index contributed by atoms with van der Waals surface area (Å²) >= 11 is 5.63.